The fourth-order valence-electron chi connectivity index (χ4n) is 1.97. The van der Waals surface area contributed by atoms with Gasteiger partial charge in [-0.05, 0) is 30.4 Å². The summed E-state index contributed by atoms with van der Waals surface area (Å²) in [7, 11) is -3.66. The number of hydrogen-bond donors (Lipinski definition) is 4. The lowest BCUT2D eigenvalue weighted by Crippen LogP contribution is -2.46. The molecule has 0 unspecified atom stereocenters. The van der Waals surface area contributed by atoms with Gasteiger partial charge in [0, 0.05) is 13.1 Å². The molecule has 1 fully saturated rings. The molecule has 0 saturated carbocycles. The van der Waals surface area contributed by atoms with Crippen molar-refractivity contribution in [2.45, 2.75) is 4.90 Å². The average molecular weight is 394 g/mol. The molecule has 132 valence electrons. The van der Waals surface area contributed by atoms with Gasteiger partial charge in [0.25, 0.3) is 0 Å². The van der Waals surface area contributed by atoms with Crippen molar-refractivity contribution in [3.63, 3.8) is 0 Å². The molecule has 12 heteroatoms. The smallest absolute Gasteiger partial charge is 0.330 e. The van der Waals surface area contributed by atoms with E-state index in [-0.39, 0.29) is 33.8 Å². The normalized spacial score (nSPS) is 15.5. The van der Waals surface area contributed by atoms with Crippen LogP contribution in [0, 0.1) is 0 Å². The van der Waals surface area contributed by atoms with Crippen LogP contribution in [0.25, 0.3) is 0 Å². The van der Waals surface area contributed by atoms with E-state index < -0.39 is 16.1 Å². The zero-order valence-corrected chi connectivity index (χ0v) is 14.8. The topological polar surface area (TPSA) is 126 Å². The molecule has 0 aromatic heterocycles. The van der Waals surface area contributed by atoms with Crippen LogP contribution in [-0.4, -0.2) is 50.2 Å². The van der Waals surface area contributed by atoms with E-state index in [1.807, 2.05) is 0 Å². The third-order valence-electron chi connectivity index (χ3n) is 3.09. The Labute approximate surface area is 149 Å². The Morgan fingerprint density at radius 1 is 1.29 bits per heavy atom. The molecule has 1 aromatic rings. The van der Waals surface area contributed by atoms with Gasteiger partial charge < -0.3 is 15.8 Å². The summed E-state index contributed by atoms with van der Waals surface area (Å²) in [5.41, 5.74) is 9.60. The highest BCUT2D eigenvalue weighted by Crippen LogP contribution is 2.27. The number of benzene rings is 1. The number of nitrogens with one attached hydrogen (secondary N) is 3. The maximum atomic E-state index is 12.6. The van der Waals surface area contributed by atoms with Crippen LogP contribution < -0.4 is 21.9 Å². The molecule has 5 N–H and O–H groups in total. The monoisotopic (exact) mass is 393 g/mol. The summed E-state index contributed by atoms with van der Waals surface area (Å²) >= 11 is 11.0. The third kappa shape index (κ3) is 4.68. The summed E-state index contributed by atoms with van der Waals surface area (Å²) in [5, 5.41) is 2.95. The summed E-state index contributed by atoms with van der Waals surface area (Å²) < 4.78 is 31.8. The molecule has 2 amide bonds. The van der Waals surface area contributed by atoms with Gasteiger partial charge in [-0.3, -0.25) is 5.43 Å². The molecule has 0 atom stereocenters. The van der Waals surface area contributed by atoms with Crippen molar-refractivity contribution in [1.82, 2.24) is 15.2 Å². The van der Waals surface area contributed by atoms with E-state index in [1.165, 1.54) is 22.5 Å². The Kier molecular flexibility index (Phi) is 6.18. The molecule has 0 spiro atoms. The minimum atomic E-state index is -3.66. The molecule has 0 radical (unpaired) electrons. The molecule has 1 saturated heterocycles. The first-order valence-corrected chi connectivity index (χ1v) is 9.03. The summed E-state index contributed by atoms with van der Waals surface area (Å²) in [6.07, 6.45) is 0. The van der Waals surface area contributed by atoms with Gasteiger partial charge in [0.15, 0.2) is 5.11 Å². The fraction of sp³-hybridized carbons (Fsp3) is 0.333. The zero-order valence-electron chi connectivity index (χ0n) is 12.4. The second kappa shape index (κ2) is 7.94. The van der Waals surface area contributed by atoms with Crippen LogP contribution in [0.15, 0.2) is 23.1 Å². The number of anilines is 1. The van der Waals surface area contributed by atoms with Gasteiger partial charge in [0.05, 0.1) is 28.8 Å². The number of urea groups is 1. The number of rotatable bonds is 3. The second-order valence-corrected chi connectivity index (χ2v) is 7.48. The van der Waals surface area contributed by atoms with Crippen LogP contribution in [0.5, 0.6) is 0 Å². The van der Waals surface area contributed by atoms with Gasteiger partial charge in [-0.15, -0.1) is 0 Å². The minimum absolute atomic E-state index is 0.00313. The maximum absolute atomic E-state index is 12.6. The first-order chi connectivity index (χ1) is 11.3. The summed E-state index contributed by atoms with van der Waals surface area (Å²) in [6, 6.07) is 3.40. The number of primary amides is 1. The largest absolute Gasteiger partial charge is 0.379 e. The van der Waals surface area contributed by atoms with Gasteiger partial charge in [-0.1, -0.05) is 11.6 Å². The van der Waals surface area contributed by atoms with Gasteiger partial charge >= 0.3 is 6.03 Å². The highest BCUT2D eigenvalue weighted by Gasteiger charge is 2.26. The Morgan fingerprint density at radius 2 is 1.96 bits per heavy atom. The van der Waals surface area contributed by atoms with Crippen molar-refractivity contribution in [3.8, 4) is 0 Å². The predicted molar refractivity (Wildman–Crippen MR) is 93.1 cm³/mol. The third-order valence-corrected chi connectivity index (χ3v) is 5.52. The lowest BCUT2D eigenvalue weighted by atomic mass is 10.3. The number of ether oxygens (including phenoxy) is 1. The summed E-state index contributed by atoms with van der Waals surface area (Å²) in [4.78, 5) is 10.7. The lowest BCUT2D eigenvalue weighted by Gasteiger charge is -2.26. The maximum Gasteiger partial charge on any atom is 0.330 e. The number of halogens is 1. The number of morpholine rings is 1. The number of carbonyl (C=O) groups excluding carboxylic acids is 1. The molecule has 1 aliphatic heterocycles. The van der Waals surface area contributed by atoms with Gasteiger partial charge in [-0.25, -0.2) is 18.6 Å². The number of thiocarbonyl (C=S) groups is 1. The van der Waals surface area contributed by atoms with Crippen molar-refractivity contribution >= 4 is 50.7 Å². The number of nitrogens with two attached hydrogens (primary N) is 1. The van der Waals surface area contributed by atoms with Gasteiger partial charge in [0.1, 0.15) is 0 Å². The van der Waals surface area contributed by atoms with Gasteiger partial charge in [-0.2, -0.15) is 4.31 Å². The van der Waals surface area contributed by atoms with Crippen LogP contribution in [0.2, 0.25) is 5.02 Å². The molecule has 24 heavy (non-hydrogen) atoms. The highest BCUT2D eigenvalue weighted by atomic mass is 35.5. The molecular formula is C12H16ClN5O4S2. The van der Waals surface area contributed by atoms with Gasteiger partial charge in [0.2, 0.25) is 10.0 Å². The number of sulfonamides is 1. The SMILES string of the molecule is NC(=O)NNC(=S)Nc1cc(S(=O)(=O)N2CCOCC2)ccc1Cl. The molecule has 2 rings (SSSR count). The molecule has 1 heterocycles. The highest BCUT2D eigenvalue weighted by molar-refractivity contribution is 7.89. The molecule has 1 aromatic carbocycles. The molecule has 0 bridgehead atoms. The Balaban J connectivity index is 2.18. The van der Waals surface area contributed by atoms with E-state index >= 15 is 0 Å². The predicted octanol–water partition coefficient (Wildman–Crippen LogP) is 0.231. The van der Waals surface area contributed by atoms with Crippen molar-refractivity contribution in [3.05, 3.63) is 23.2 Å². The number of hydrogen-bond acceptors (Lipinski definition) is 5. The first kappa shape index (κ1) is 18.7. The molecule has 9 nitrogen and oxygen atoms in total. The number of amides is 2. The number of hydrazine groups is 1. The Bertz CT molecular complexity index is 737. The minimum Gasteiger partial charge on any atom is -0.379 e. The summed E-state index contributed by atoms with van der Waals surface area (Å²) in [5.74, 6) is 0. The van der Waals surface area contributed by atoms with Crippen LogP contribution in [0.4, 0.5) is 10.5 Å². The van der Waals surface area contributed by atoms with Crippen molar-refractivity contribution in [2.24, 2.45) is 5.73 Å². The molecule has 1 aliphatic rings. The Morgan fingerprint density at radius 3 is 2.58 bits per heavy atom. The van der Waals surface area contributed by atoms with E-state index in [2.05, 4.69) is 16.2 Å². The van der Waals surface area contributed by atoms with E-state index in [9.17, 15) is 13.2 Å². The van der Waals surface area contributed by atoms with Crippen LogP contribution in [-0.2, 0) is 14.8 Å². The van der Waals surface area contributed by atoms with E-state index in [0.29, 0.717) is 13.2 Å². The standard InChI is InChI=1S/C12H16ClN5O4S2/c13-9-2-1-8(24(20,21)18-3-5-22-6-4-18)7-10(9)15-12(23)17-16-11(14)19/h1-2,7H,3-6H2,(H3,14,16,19)(H2,15,17,23). The first-order valence-electron chi connectivity index (χ1n) is 6.80. The second-order valence-electron chi connectivity index (χ2n) is 4.73. The van der Waals surface area contributed by atoms with E-state index in [0.717, 1.165) is 0 Å². The van der Waals surface area contributed by atoms with E-state index in [4.69, 9.17) is 34.3 Å². The number of nitrogens with zero attached hydrogens (tertiary/aromatic N) is 1. The zero-order chi connectivity index (χ0) is 17.7. The lowest BCUT2D eigenvalue weighted by molar-refractivity contribution is 0.0730. The average Bonchev–Trinajstić information content (AvgIpc) is 2.55. The summed E-state index contributed by atoms with van der Waals surface area (Å²) in [6.45, 7) is 1.28. The quantitative estimate of drug-likeness (QED) is 0.427. The fourth-order valence-corrected chi connectivity index (χ4v) is 3.73. The molecular weight excluding hydrogens is 378 g/mol. The molecule has 0 aliphatic carbocycles. The van der Waals surface area contributed by atoms with Crippen molar-refractivity contribution in [1.29, 1.82) is 0 Å². The van der Waals surface area contributed by atoms with E-state index in [1.54, 1.807) is 0 Å². The number of carbonyl (C=O) groups is 1. The van der Waals surface area contributed by atoms with Crippen molar-refractivity contribution in [2.75, 3.05) is 31.6 Å². The Hall–Kier alpha value is -1.66. The van der Waals surface area contributed by atoms with Crippen LogP contribution >= 0.6 is 23.8 Å². The van der Waals surface area contributed by atoms with Crippen LogP contribution in [0.3, 0.4) is 0 Å². The van der Waals surface area contributed by atoms with Crippen molar-refractivity contribution < 1.29 is 17.9 Å². The van der Waals surface area contributed by atoms with Crippen LogP contribution in [0.1, 0.15) is 0 Å².